The number of aromatic nitrogens is 2. The van der Waals surface area contributed by atoms with Crippen molar-refractivity contribution >= 4 is 5.97 Å². The second kappa shape index (κ2) is 4.15. The zero-order valence-corrected chi connectivity index (χ0v) is 9.05. The number of alkyl halides is 3. The summed E-state index contributed by atoms with van der Waals surface area (Å²) in [6.45, 7) is 2.74. The zero-order valence-electron chi connectivity index (χ0n) is 9.05. The number of carbonyl (C=O) groups is 1. The van der Waals surface area contributed by atoms with E-state index in [4.69, 9.17) is 0 Å². The van der Waals surface area contributed by atoms with Crippen molar-refractivity contribution in [2.24, 2.45) is 7.05 Å². The van der Waals surface area contributed by atoms with Crippen LogP contribution in [0.1, 0.15) is 28.7 Å². The smallest absolute Gasteiger partial charge is 0.420 e. The number of nitrogens with zero attached hydrogens (tertiary/aromatic N) is 2. The van der Waals surface area contributed by atoms with Gasteiger partial charge in [-0.05, 0) is 13.8 Å². The van der Waals surface area contributed by atoms with Crippen molar-refractivity contribution < 1.29 is 22.7 Å². The Bertz CT molecular complexity index is 410. The Labute approximate surface area is 90.0 Å². The van der Waals surface area contributed by atoms with Crippen LogP contribution in [-0.4, -0.2) is 22.4 Å². The molecule has 1 aromatic heterocycles. The van der Waals surface area contributed by atoms with Gasteiger partial charge in [0.25, 0.3) is 0 Å². The maximum atomic E-state index is 12.7. The van der Waals surface area contributed by atoms with E-state index < -0.39 is 23.4 Å². The third-order valence-electron chi connectivity index (χ3n) is 1.97. The van der Waals surface area contributed by atoms with Crippen LogP contribution in [0, 0.1) is 6.92 Å². The third kappa shape index (κ3) is 2.17. The first-order chi connectivity index (χ1) is 7.29. The van der Waals surface area contributed by atoms with E-state index in [0.717, 1.165) is 4.68 Å². The van der Waals surface area contributed by atoms with E-state index in [2.05, 4.69) is 9.84 Å². The first kappa shape index (κ1) is 12.5. The lowest BCUT2D eigenvalue weighted by molar-refractivity contribution is -0.138. The molecule has 1 rings (SSSR count). The van der Waals surface area contributed by atoms with Crippen molar-refractivity contribution in [2.45, 2.75) is 20.0 Å². The van der Waals surface area contributed by atoms with Crippen LogP contribution >= 0.6 is 0 Å². The maximum absolute atomic E-state index is 12.7. The zero-order chi connectivity index (χ0) is 12.5. The highest BCUT2D eigenvalue weighted by atomic mass is 19.4. The summed E-state index contributed by atoms with van der Waals surface area (Å²) in [5.74, 6) is -1.02. The molecule has 0 atom stereocenters. The SMILES string of the molecule is CCOC(=O)c1c(C(F)(F)F)c(C)nn1C. The quantitative estimate of drug-likeness (QED) is 0.737. The van der Waals surface area contributed by atoms with Crippen LogP contribution in [0.5, 0.6) is 0 Å². The molecule has 0 saturated heterocycles. The molecule has 0 N–H and O–H groups in total. The van der Waals surface area contributed by atoms with Gasteiger partial charge in [-0.1, -0.05) is 0 Å². The lowest BCUT2D eigenvalue weighted by Crippen LogP contribution is -2.17. The fourth-order valence-electron chi connectivity index (χ4n) is 1.43. The minimum absolute atomic E-state index is 0.0142. The summed E-state index contributed by atoms with van der Waals surface area (Å²) in [5, 5.41) is 3.58. The van der Waals surface area contributed by atoms with Gasteiger partial charge in [0.05, 0.1) is 12.3 Å². The fraction of sp³-hybridized carbons (Fsp3) is 0.556. The summed E-state index contributed by atoms with van der Waals surface area (Å²) in [6, 6.07) is 0. The first-order valence-electron chi connectivity index (χ1n) is 4.57. The summed E-state index contributed by atoms with van der Waals surface area (Å²) in [6.07, 6.45) is -4.61. The number of halogens is 3. The van der Waals surface area contributed by atoms with Crippen LogP contribution in [0.15, 0.2) is 0 Å². The molecule has 90 valence electrons. The minimum atomic E-state index is -4.61. The molecular weight excluding hydrogens is 225 g/mol. The summed E-state index contributed by atoms with van der Waals surface area (Å²) < 4.78 is 43.4. The Morgan fingerprint density at radius 2 is 2.06 bits per heavy atom. The second-order valence-electron chi connectivity index (χ2n) is 3.15. The lowest BCUT2D eigenvalue weighted by atomic mass is 10.2. The van der Waals surface area contributed by atoms with Gasteiger partial charge in [0.1, 0.15) is 5.56 Å². The predicted molar refractivity (Wildman–Crippen MR) is 48.9 cm³/mol. The van der Waals surface area contributed by atoms with Crippen LogP contribution in [0.25, 0.3) is 0 Å². The average molecular weight is 236 g/mol. The number of aryl methyl sites for hydroxylation is 2. The fourth-order valence-corrected chi connectivity index (χ4v) is 1.43. The van der Waals surface area contributed by atoms with Gasteiger partial charge in [0, 0.05) is 7.05 Å². The highest BCUT2D eigenvalue weighted by Gasteiger charge is 2.40. The van der Waals surface area contributed by atoms with Gasteiger partial charge in [-0.3, -0.25) is 4.68 Å². The average Bonchev–Trinajstić information content (AvgIpc) is 2.40. The Morgan fingerprint density at radius 3 is 2.50 bits per heavy atom. The molecule has 0 aromatic carbocycles. The molecule has 0 aliphatic carbocycles. The molecule has 0 unspecified atom stereocenters. The number of ether oxygens (including phenoxy) is 1. The first-order valence-corrected chi connectivity index (χ1v) is 4.57. The van der Waals surface area contributed by atoms with E-state index in [-0.39, 0.29) is 12.3 Å². The molecule has 0 amide bonds. The van der Waals surface area contributed by atoms with Gasteiger partial charge in [0.2, 0.25) is 0 Å². The van der Waals surface area contributed by atoms with Gasteiger partial charge >= 0.3 is 12.1 Å². The highest BCUT2D eigenvalue weighted by Crippen LogP contribution is 2.34. The topological polar surface area (TPSA) is 44.1 Å². The Balaban J connectivity index is 3.32. The van der Waals surface area contributed by atoms with Crippen molar-refractivity contribution in [3.63, 3.8) is 0 Å². The van der Waals surface area contributed by atoms with E-state index in [1.165, 1.54) is 20.9 Å². The molecule has 1 aromatic rings. The molecule has 0 aliphatic heterocycles. The largest absolute Gasteiger partial charge is 0.461 e. The third-order valence-corrected chi connectivity index (χ3v) is 1.97. The van der Waals surface area contributed by atoms with Crippen molar-refractivity contribution in [3.8, 4) is 0 Å². The van der Waals surface area contributed by atoms with Gasteiger partial charge in [-0.2, -0.15) is 18.3 Å². The highest BCUT2D eigenvalue weighted by molar-refractivity contribution is 5.89. The summed E-state index contributed by atoms with van der Waals surface area (Å²) in [5.41, 5.74) is -1.83. The van der Waals surface area contributed by atoms with Gasteiger partial charge in [-0.15, -0.1) is 0 Å². The Hall–Kier alpha value is -1.53. The molecule has 0 fully saturated rings. The van der Waals surface area contributed by atoms with Crippen LogP contribution in [-0.2, 0) is 18.0 Å². The summed E-state index contributed by atoms with van der Waals surface area (Å²) >= 11 is 0. The molecule has 7 heteroatoms. The van der Waals surface area contributed by atoms with E-state index >= 15 is 0 Å². The van der Waals surface area contributed by atoms with Gasteiger partial charge < -0.3 is 4.74 Å². The molecule has 0 aliphatic rings. The van der Waals surface area contributed by atoms with Crippen LogP contribution in [0.2, 0.25) is 0 Å². The van der Waals surface area contributed by atoms with Crippen LogP contribution in [0.3, 0.4) is 0 Å². The number of carbonyl (C=O) groups excluding carboxylic acids is 1. The number of hydrogen-bond acceptors (Lipinski definition) is 3. The number of rotatable bonds is 2. The summed E-state index contributed by atoms with van der Waals surface area (Å²) in [7, 11) is 1.27. The van der Waals surface area contributed by atoms with Crippen molar-refractivity contribution in [1.29, 1.82) is 0 Å². The maximum Gasteiger partial charge on any atom is 0.420 e. The Kier molecular flexibility index (Phi) is 3.25. The molecule has 0 saturated carbocycles. The monoisotopic (exact) mass is 236 g/mol. The van der Waals surface area contributed by atoms with E-state index in [9.17, 15) is 18.0 Å². The molecule has 0 spiro atoms. The van der Waals surface area contributed by atoms with Gasteiger partial charge in [0.15, 0.2) is 5.69 Å². The summed E-state index contributed by atoms with van der Waals surface area (Å²) in [4.78, 5) is 11.4. The van der Waals surface area contributed by atoms with E-state index in [0.29, 0.717) is 0 Å². The van der Waals surface area contributed by atoms with Crippen LogP contribution in [0.4, 0.5) is 13.2 Å². The van der Waals surface area contributed by atoms with E-state index in [1.54, 1.807) is 0 Å². The normalized spacial score (nSPS) is 11.6. The molecule has 16 heavy (non-hydrogen) atoms. The molecule has 0 bridgehead atoms. The van der Waals surface area contributed by atoms with Crippen LogP contribution < -0.4 is 0 Å². The second-order valence-corrected chi connectivity index (χ2v) is 3.15. The number of hydrogen-bond donors (Lipinski definition) is 0. The minimum Gasteiger partial charge on any atom is -0.461 e. The Morgan fingerprint density at radius 1 is 1.50 bits per heavy atom. The van der Waals surface area contributed by atoms with Gasteiger partial charge in [-0.25, -0.2) is 4.79 Å². The number of esters is 1. The van der Waals surface area contributed by atoms with E-state index in [1.807, 2.05) is 0 Å². The molecule has 4 nitrogen and oxygen atoms in total. The van der Waals surface area contributed by atoms with Crippen molar-refractivity contribution in [3.05, 3.63) is 17.0 Å². The molecular formula is C9H11F3N2O2. The van der Waals surface area contributed by atoms with Crippen molar-refractivity contribution in [2.75, 3.05) is 6.61 Å². The molecule has 1 heterocycles. The molecule has 0 radical (unpaired) electrons. The standard InChI is InChI=1S/C9H11F3N2O2/c1-4-16-8(15)7-6(9(10,11)12)5(2)13-14(7)3/h4H2,1-3H3. The van der Waals surface area contributed by atoms with Crippen molar-refractivity contribution in [1.82, 2.24) is 9.78 Å². The predicted octanol–water partition coefficient (Wildman–Crippen LogP) is 1.92. The lowest BCUT2D eigenvalue weighted by Gasteiger charge is -2.08.